The van der Waals surface area contributed by atoms with Crippen LogP contribution in [-0.4, -0.2) is 12.6 Å². The van der Waals surface area contributed by atoms with Gasteiger partial charge < -0.3 is 5.32 Å². The Hall–Kier alpha value is -0.0400. The molecule has 3 atom stereocenters. The predicted octanol–water partition coefficient (Wildman–Crippen LogP) is 4.62. The van der Waals surface area contributed by atoms with Gasteiger partial charge in [0.25, 0.3) is 0 Å². The highest BCUT2D eigenvalue weighted by atomic mass is 14.9. The van der Waals surface area contributed by atoms with Crippen LogP contribution in [0.4, 0.5) is 0 Å². The van der Waals surface area contributed by atoms with Gasteiger partial charge in [0.2, 0.25) is 0 Å². The molecule has 0 amide bonds. The number of nitrogens with one attached hydrogen (secondary N) is 1. The summed E-state index contributed by atoms with van der Waals surface area (Å²) in [5, 5.41) is 3.77. The first-order chi connectivity index (χ1) is 8.65. The number of hydrogen-bond acceptors (Lipinski definition) is 1. The largest absolute Gasteiger partial charge is 0.314 e. The Balaban J connectivity index is 1.72. The average molecular weight is 251 g/mol. The van der Waals surface area contributed by atoms with Gasteiger partial charge in [-0.25, -0.2) is 0 Å². The second kappa shape index (κ2) is 6.93. The third-order valence-electron chi connectivity index (χ3n) is 5.00. The Morgan fingerprint density at radius 2 is 1.83 bits per heavy atom. The molecule has 0 aromatic rings. The van der Waals surface area contributed by atoms with E-state index in [4.69, 9.17) is 0 Å². The predicted molar refractivity (Wildman–Crippen MR) is 79.7 cm³/mol. The van der Waals surface area contributed by atoms with Gasteiger partial charge >= 0.3 is 0 Å². The molecule has 0 saturated heterocycles. The van der Waals surface area contributed by atoms with Crippen LogP contribution in [-0.2, 0) is 0 Å². The van der Waals surface area contributed by atoms with Crippen molar-refractivity contribution in [1.29, 1.82) is 0 Å². The first-order valence-corrected chi connectivity index (χ1v) is 8.38. The van der Waals surface area contributed by atoms with Gasteiger partial charge in [-0.3, -0.25) is 0 Å². The molecule has 0 heterocycles. The average Bonchev–Trinajstić information content (AvgIpc) is 3.11. The van der Waals surface area contributed by atoms with Gasteiger partial charge in [0, 0.05) is 6.04 Å². The first kappa shape index (κ1) is 14.4. The standard InChI is InChI=1S/C17H33N/c1-13(2)5-4-6-15-11-14(3)7-8-16(15)12-18-17-9-10-17/h13-18H,4-12H2,1-3H3. The summed E-state index contributed by atoms with van der Waals surface area (Å²) < 4.78 is 0. The lowest BCUT2D eigenvalue weighted by atomic mass is 9.72. The highest BCUT2D eigenvalue weighted by Crippen LogP contribution is 2.37. The van der Waals surface area contributed by atoms with E-state index in [1.807, 2.05) is 0 Å². The summed E-state index contributed by atoms with van der Waals surface area (Å²) in [7, 11) is 0. The van der Waals surface area contributed by atoms with Gasteiger partial charge in [-0.05, 0) is 55.9 Å². The molecule has 1 N–H and O–H groups in total. The topological polar surface area (TPSA) is 12.0 Å². The van der Waals surface area contributed by atoms with Crippen molar-refractivity contribution >= 4 is 0 Å². The molecule has 0 aliphatic heterocycles. The molecule has 18 heavy (non-hydrogen) atoms. The smallest absolute Gasteiger partial charge is 0.00683 e. The maximum absolute atomic E-state index is 3.77. The Morgan fingerprint density at radius 3 is 2.50 bits per heavy atom. The molecule has 1 nitrogen and oxygen atoms in total. The first-order valence-electron chi connectivity index (χ1n) is 8.38. The molecular weight excluding hydrogens is 218 g/mol. The lowest BCUT2D eigenvalue weighted by Gasteiger charge is -2.35. The lowest BCUT2D eigenvalue weighted by molar-refractivity contribution is 0.169. The molecule has 2 fully saturated rings. The van der Waals surface area contributed by atoms with E-state index in [1.165, 1.54) is 57.9 Å². The Kier molecular flexibility index (Phi) is 5.54. The van der Waals surface area contributed by atoms with Gasteiger partial charge in [-0.1, -0.05) is 46.5 Å². The minimum Gasteiger partial charge on any atom is -0.314 e. The van der Waals surface area contributed by atoms with Gasteiger partial charge in [0.05, 0.1) is 0 Å². The van der Waals surface area contributed by atoms with Crippen molar-refractivity contribution in [2.75, 3.05) is 6.54 Å². The van der Waals surface area contributed by atoms with Crippen molar-refractivity contribution in [3.05, 3.63) is 0 Å². The van der Waals surface area contributed by atoms with Gasteiger partial charge in [0.1, 0.15) is 0 Å². The highest BCUT2D eigenvalue weighted by Gasteiger charge is 2.30. The minimum atomic E-state index is 0.883. The molecule has 0 aromatic carbocycles. The van der Waals surface area contributed by atoms with Crippen LogP contribution in [0.25, 0.3) is 0 Å². The number of rotatable bonds is 7. The van der Waals surface area contributed by atoms with Crippen molar-refractivity contribution in [3.8, 4) is 0 Å². The molecule has 2 aliphatic carbocycles. The Bertz CT molecular complexity index is 232. The van der Waals surface area contributed by atoms with Crippen LogP contribution < -0.4 is 5.32 Å². The van der Waals surface area contributed by atoms with Crippen LogP contribution in [0.5, 0.6) is 0 Å². The van der Waals surface area contributed by atoms with E-state index < -0.39 is 0 Å². The Morgan fingerprint density at radius 1 is 1.06 bits per heavy atom. The normalized spacial score (nSPS) is 33.0. The molecular formula is C17H33N. The second-order valence-corrected chi connectivity index (χ2v) is 7.45. The third kappa shape index (κ3) is 4.91. The number of hydrogen-bond donors (Lipinski definition) is 1. The van der Waals surface area contributed by atoms with E-state index in [-0.39, 0.29) is 0 Å². The second-order valence-electron chi connectivity index (χ2n) is 7.45. The fourth-order valence-corrected chi connectivity index (χ4v) is 3.58. The molecule has 2 rings (SSSR count). The molecule has 0 bridgehead atoms. The van der Waals surface area contributed by atoms with Crippen molar-refractivity contribution in [3.63, 3.8) is 0 Å². The highest BCUT2D eigenvalue weighted by molar-refractivity contribution is 4.85. The molecule has 3 unspecified atom stereocenters. The van der Waals surface area contributed by atoms with Crippen LogP contribution >= 0.6 is 0 Å². The Labute approximate surface area is 114 Å². The maximum Gasteiger partial charge on any atom is 0.00683 e. The summed E-state index contributed by atoms with van der Waals surface area (Å²) in [5.41, 5.74) is 0. The summed E-state index contributed by atoms with van der Waals surface area (Å²) in [6, 6.07) is 0.890. The van der Waals surface area contributed by atoms with Gasteiger partial charge in [-0.2, -0.15) is 0 Å². The summed E-state index contributed by atoms with van der Waals surface area (Å²) in [5.74, 6) is 3.85. The SMILES string of the molecule is CC(C)CCCC1CC(C)CCC1CNC1CC1. The molecule has 0 radical (unpaired) electrons. The summed E-state index contributed by atoms with van der Waals surface area (Å²) in [4.78, 5) is 0. The van der Waals surface area contributed by atoms with E-state index in [0.29, 0.717) is 0 Å². The zero-order chi connectivity index (χ0) is 13.0. The zero-order valence-corrected chi connectivity index (χ0v) is 12.8. The molecule has 0 spiro atoms. The van der Waals surface area contributed by atoms with Gasteiger partial charge in [-0.15, -0.1) is 0 Å². The van der Waals surface area contributed by atoms with Crippen molar-refractivity contribution < 1.29 is 0 Å². The van der Waals surface area contributed by atoms with E-state index in [2.05, 4.69) is 26.1 Å². The van der Waals surface area contributed by atoms with E-state index in [9.17, 15) is 0 Å². The molecule has 106 valence electrons. The summed E-state index contributed by atoms with van der Waals surface area (Å²) in [6.07, 6.45) is 11.7. The quantitative estimate of drug-likeness (QED) is 0.696. The zero-order valence-electron chi connectivity index (χ0n) is 12.8. The fourth-order valence-electron chi connectivity index (χ4n) is 3.58. The van der Waals surface area contributed by atoms with Crippen molar-refractivity contribution in [2.24, 2.45) is 23.7 Å². The minimum absolute atomic E-state index is 0.883. The van der Waals surface area contributed by atoms with Gasteiger partial charge in [0.15, 0.2) is 0 Å². The van der Waals surface area contributed by atoms with E-state index in [1.54, 1.807) is 0 Å². The van der Waals surface area contributed by atoms with Crippen LogP contribution in [0.2, 0.25) is 0 Å². The molecule has 0 aromatic heterocycles. The summed E-state index contributed by atoms with van der Waals surface area (Å²) >= 11 is 0. The third-order valence-corrected chi connectivity index (χ3v) is 5.00. The molecule has 2 aliphatic rings. The molecule has 1 heteroatoms. The summed E-state index contributed by atoms with van der Waals surface area (Å²) in [6.45, 7) is 8.48. The van der Waals surface area contributed by atoms with Crippen LogP contribution in [0.3, 0.4) is 0 Å². The maximum atomic E-state index is 3.77. The van der Waals surface area contributed by atoms with Crippen molar-refractivity contribution in [2.45, 2.75) is 78.2 Å². The van der Waals surface area contributed by atoms with E-state index in [0.717, 1.165) is 29.7 Å². The monoisotopic (exact) mass is 251 g/mol. The molecule has 2 saturated carbocycles. The van der Waals surface area contributed by atoms with Crippen LogP contribution in [0, 0.1) is 23.7 Å². The van der Waals surface area contributed by atoms with Crippen molar-refractivity contribution in [1.82, 2.24) is 5.32 Å². The van der Waals surface area contributed by atoms with Crippen LogP contribution in [0.15, 0.2) is 0 Å². The lowest BCUT2D eigenvalue weighted by Crippen LogP contribution is -2.33. The fraction of sp³-hybridized carbons (Fsp3) is 1.00. The van der Waals surface area contributed by atoms with Crippen LogP contribution in [0.1, 0.15) is 72.1 Å². The van der Waals surface area contributed by atoms with E-state index >= 15 is 0 Å².